The molecule has 1 aromatic heterocycles. The molecule has 0 saturated heterocycles. The van der Waals surface area contributed by atoms with Crippen LogP contribution in [0.15, 0.2) is 34.9 Å². The van der Waals surface area contributed by atoms with E-state index in [9.17, 15) is 0 Å². The first-order chi connectivity index (χ1) is 9.13. The molecule has 0 spiro atoms. The molecule has 0 fully saturated rings. The van der Waals surface area contributed by atoms with Gasteiger partial charge in [-0.05, 0) is 69.2 Å². The fourth-order valence-electron chi connectivity index (χ4n) is 2.06. The van der Waals surface area contributed by atoms with Crippen LogP contribution in [-0.2, 0) is 7.05 Å². The number of nitrogens with one attached hydrogen (secondary N) is 1. The van der Waals surface area contributed by atoms with Crippen molar-refractivity contribution in [3.8, 4) is 0 Å². The Balaban J connectivity index is 2.38. The van der Waals surface area contributed by atoms with Crippen LogP contribution in [0, 0.1) is 3.57 Å². The Morgan fingerprint density at radius 1 is 1.37 bits per heavy atom. The standard InChI is InChI=1S/C14H17BrIN3/c1-3-8-17-13(10-4-6-11(16)7-5-10)14-12(15)9-18-19(14)2/h4-7,9,13,17H,3,8H2,1-2H3. The van der Waals surface area contributed by atoms with Gasteiger partial charge in [0, 0.05) is 10.6 Å². The maximum atomic E-state index is 4.32. The first-order valence-corrected chi connectivity index (χ1v) is 8.17. The largest absolute Gasteiger partial charge is 0.305 e. The Bertz CT molecular complexity index is 517. The zero-order valence-electron chi connectivity index (χ0n) is 11.0. The van der Waals surface area contributed by atoms with Crippen LogP contribution in [0.1, 0.15) is 30.6 Å². The Hall–Kier alpha value is -0.400. The van der Waals surface area contributed by atoms with E-state index in [-0.39, 0.29) is 6.04 Å². The Labute approximate surface area is 136 Å². The molecule has 0 aliphatic rings. The smallest absolute Gasteiger partial charge is 0.0759 e. The molecule has 0 bridgehead atoms. The minimum absolute atomic E-state index is 0.166. The number of benzene rings is 1. The minimum atomic E-state index is 0.166. The summed E-state index contributed by atoms with van der Waals surface area (Å²) in [6, 6.07) is 8.80. The van der Waals surface area contributed by atoms with Crippen molar-refractivity contribution in [3.63, 3.8) is 0 Å². The summed E-state index contributed by atoms with van der Waals surface area (Å²) in [6.45, 7) is 3.16. The first kappa shape index (κ1) is 15.0. The van der Waals surface area contributed by atoms with Gasteiger partial charge in [0.1, 0.15) is 0 Å². The fraction of sp³-hybridized carbons (Fsp3) is 0.357. The SMILES string of the molecule is CCCNC(c1ccc(I)cc1)c1c(Br)cnn1C. The molecule has 1 aromatic carbocycles. The van der Waals surface area contributed by atoms with Gasteiger partial charge in [0.25, 0.3) is 0 Å². The number of nitrogens with zero attached hydrogens (tertiary/aromatic N) is 2. The van der Waals surface area contributed by atoms with Gasteiger partial charge < -0.3 is 5.32 Å². The summed E-state index contributed by atoms with van der Waals surface area (Å²) in [5, 5.41) is 7.91. The van der Waals surface area contributed by atoms with Gasteiger partial charge in [-0.2, -0.15) is 5.10 Å². The molecule has 19 heavy (non-hydrogen) atoms. The molecule has 2 aromatic rings. The third-order valence-corrected chi connectivity index (χ3v) is 4.34. The molecular formula is C14H17BrIN3. The van der Waals surface area contributed by atoms with Crippen molar-refractivity contribution in [2.24, 2.45) is 7.05 Å². The first-order valence-electron chi connectivity index (χ1n) is 6.29. The lowest BCUT2D eigenvalue weighted by atomic mass is 10.0. The van der Waals surface area contributed by atoms with Crippen LogP contribution in [0.4, 0.5) is 0 Å². The van der Waals surface area contributed by atoms with E-state index in [1.165, 1.54) is 9.13 Å². The number of halogens is 2. The molecule has 1 unspecified atom stereocenters. The highest BCUT2D eigenvalue weighted by Crippen LogP contribution is 2.28. The fourth-order valence-corrected chi connectivity index (χ4v) is 3.00. The van der Waals surface area contributed by atoms with E-state index in [4.69, 9.17) is 0 Å². The van der Waals surface area contributed by atoms with Gasteiger partial charge in [0.05, 0.1) is 22.4 Å². The van der Waals surface area contributed by atoms with Gasteiger partial charge in [0.2, 0.25) is 0 Å². The molecular weight excluding hydrogens is 417 g/mol. The topological polar surface area (TPSA) is 29.9 Å². The van der Waals surface area contributed by atoms with Gasteiger partial charge in [-0.1, -0.05) is 19.1 Å². The highest BCUT2D eigenvalue weighted by atomic mass is 127. The summed E-state index contributed by atoms with van der Waals surface area (Å²) in [4.78, 5) is 0. The average Bonchev–Trinajstić information content (AvgIpc) is 2.73. The van der Waals surface area contributed by atoms with Gasteiger partial charge in [-0.15, -0.1) is 0 Å². The van der Waals surface area contributed by atoms with E-state index >= 15 is 0 Å². The molecule has 102 valence electrons. The Morgan fingerprint density at radius 2 is 2.05 bits per heavy atom. The van der Waals surface area contributed by atoms with Crippen LogP contribution in [0.5, 0.6) is 0 Å². The van der Waals surface area contributed by atoms with Gasteiger partial charge in [0.15, 0.2) is 0 Å². The van der Waals surface area contributed by atoms with Crippen molar-refractivity contribution in [1.29, 1.82) is 0 Å². The molecule has 0 aliphatic heterocycles. The van der Waals surface area contributed by atoms with Crippen LogP contribution in [0.3, 0.4) is 0 Å². The summed E-state index contributed by atoms with van der Waals surface area (Å²) in [5.41, 5.74) is 2.42. The molecule has 1 heterocycles. The predicted molar refractivity (Wildman–Crippen MR) is 90.2 cm³/mol. The lowest BCUT2D eigenvalue weighted by Gasteiger charge is -2.20. The lowest BCUT2D eigenvalue weighted by Crippen LogP contribution is -2.25. The van der Waals surface area contributed by atoms with Gasteiger partial charge in [-0.3, -0.25) is 4.68 Å². The van der Waals surface area contributed by atoms with Crippen LogP contribution < -0.4 is 5.32 Å². The van der Waals surface area contributed by atoms with Crippen molar-refractivity contribution in [2.45, 2.75) is 19.4 Å². The van der Waals surface area contributed by atoms with E-state index < -0.39 is 0 Å². The van der Waals surface area contributed by atoms with Crippen molar-refractivity contribution in [3.05, 3.63) is 49.8 Å². The van der Waals surface area contributed by atoms with Gasteiger partial charge in [-0.25, -0.2) is 0 Å². The number of hydrogen-bond acceptors (Lipinski definition) is 2. The van der Waals surface area contributed by atoms with Crippen molar-refractivity contribution < 1.29 is 0 Å². The predicted octanol–water partition coefficient (Wildman–Crippen LogP) is 3.88. The second kappa shape index (κ2) is 6.85. The molecule has 3 nitrogen and oxygen atoms in total. The van der Waals surface area contributed by atoms with Crippen LogP contribution in [0.25, 0.3) is 0 Å². The maximum absolute atomic E-state index is 4.32. The molecule has 0 radical (unpaired) electrons. The zero-order chi connectivity index (χ0) is 13.8. The average molecular weight is 434 g/mol. The second-order valence-corrected chi connectivity index (χ2v) is 6.54. The van der Waals surface area contributed by atoms with E-state index in [2.05, 4.69) is 80.1 Å². The number of rotatable bonds is 5. The van der Waals surface area contributed by atoms with Crippen LogP contribution in [0.2, 0.25) is 0 Å². The lowest BCUT2D eigenvalue weighted by molar-refractivity contribution is 0.552. The quantitative estimate of drug-likeness (QED) is 0.725. The van der Waals surface area contributed by atoms with Crippen LogP contribution in [-0.4, -0.2) is 16.3 Å². The molecule has 1 atom stereocenters. The van der Waals surface area contributed by atoms with Crippen molar-refractivity contribution >= 4 is 38.5 Å². The normalized spacial score (nSPS) is 12.6. The molecule has 0 amide bonds. The Morgan fingerprint density at radius 3 is 2.58 bits per heavy atom. The molecule has 2 rings (SSSR count). The number of aryl methyl sites for hydroxylation is 1. The molecule has 0 saturated carbocycles. The van der Waals surface area contributed by atoms with E-state index in [1.807, 2.05) is 17.9 Å². The summed E-state index contributed by atoms with van der Waals surface area (Å²) in [5.74, 6) is 0. The minimum Gasteiger partial charge on any atom is -0.305 e. The third-order valence-electron chi connectivity index (χ3n) is 3.01. The van der Waals surface area contributed by atoms with Gasteiger partial charge >= 0.3 is 0 Å². The van der Waals surface area contributed by atoms with Crippen molar-refractivity contribution in [2.75, 3.05) is 6.54 Å². The Kier molecular flexibility index (Phi) is 5.41. The zero-order valence-corrected chi connectivity index (χ0v) is 14.8. The maximum Gasteiger partial charge on any atom is 0.0759 e. The van der Waals surface area contributed by atoms with E-state index in [0.717, 1.165) is 23.1 Å². The molecule has 5 heteroatoms. The highest BCUT2D eigenvalue weighted by Gasteiger charge is 2.19. The van der Waals surface area contributed by atoms with Crippen LogP contribution >= 0.6 is 38.5 Å². The molecule has 1 N–H and O–H groups in total. The summed E-state index contributed by atoms with van der Waals surface area (Å²) < 4.78 is 4.22. The van der Waals surface area contributed by atoms with Crippen molar-refractivity contribution in [1.82, 2.24) is 15.1 Å². The van der Waals surface area contributed by atoms with E-state index in [1.54, 1.807) is 0 Å². The number of hydrogen-bond donors (Lipinski definition) is 1. The monoisotopic (exact) mass is 433 g/mol. The second-order valence-electron chi connectivity index (χ2n) is 4.44. The summed E-state index contributed by atoms with van der Waals surface area (Å²) in [7, 11) is 1.98. The third kappa shape index (κ3) is 3.58. The number of aromatic nitrogens is 2. The highest BCUT2D eigenvalue weighted by molar-refractivity contribution is 14.1. The summed E-state index contributed by atoms with van der Waals surface area (Å²) >= 11 is 5.92. The summed E-state index contributed by atoms with van der Waals surface area (Å²) in [6.07, 6.45) is 2.96. The van der Waals surface area contributed by atoms with E-state index in [0.29, 0.717) is 0 Å². The molecule has 0 aliphatic carbocycles.